The summed E-state index contributed by atoms with van der Waals surface area (Å²) in [6.45, 7) is 3.76. The number of ether oxygens (including phenoxy) is 1. The molecule has 0 saturated carbocycles. The van der Waals surface area contributed by atoms with E-state index in [0.717, 1.165) is 22.7 Å². The van der Waals surface area contributed by atoms with Crippen LogP contribution < -0.4 is 10.1 Å². The van der Waals surface area contributed by atoms with Gasteiger partial charge in [0.15, 0.2) is 5.85 Å². The Balaban J connectivity index is 1.78. The van der Waals surface area contributed by atoms with Crippen LogP contribution in [0.4, 0.5) is 11.5 Å². The largest absolute Gasteiger partial charge is 0.496 e. The molecule has 0 aliphatic carbocycles. The number of aliphatic hydroxyl groups excluding tert-OH is 1. The molecule has 0 aliphatic heterocycles. The van der Waals surface area contributed by atoms with E-state index in [0.29, 0.717) is 11.4 Å². The number of aliphatic hydroxyl groups is 1. The van der Waals surface area contributed by atoms with Crippen LogP contribution in [-0.4, -0.2) is 35.4 Å². The van der Waals surface area contributed by atoms with Gasteiger partial charge in [-0.3, -0.25) is 4.57 Å². The van der Waals surface area contributed by atoms with E-state index in [2.05, 4.69) is 15.3 Å². The third kappa shape index (κ3) is 5.48. The molecule has 0 spiro atoms. The molecule has 31 heavy (non-hydrogen) atoms. The lowest BCUT2D eigenvalue weighted by atomic mass is 10.1. The third-order valence-corrected chi connectivity index (χ3v) is 6.58. The molecule has 9 heteroatoms. The van der Waals surface area contributed by atoms with E-state index in [9.17, 15) is 9.67 Å². The second-order valence-corrected chi connectivity index (χ2v) is 8.57. The molecular formula is C22H26N3O5P. The highest BCUT2D eigenvalue weighted by Crippen LogP contribution is 2.59. The summed E-state index contributed by atoms with van der Waals surface area (Å²) in [7, 11) is -2.04. The van der Waals surface area contributed by atoms with E-state index in [1.807, 2.05) is 30.3 Å². The Morgan fingerprint density at radius 2 is 1.71 bits per heavy atom. The molecule has 0 amide bonds. The SMILES string of the molecule is CCOP(=O)(OCC)C(O)c1ccc(Nc2cc(-c3ccccc3OC)ncn2)cc1. The highest BCUT2D eigenvalue weighted by atomic mass is 31.2. The summed E-state index contributed by atoms with van der Waals surface area (Å²) in [6, 6.07) is 16.3. The lowest BCUT2D eigenvalue weighted by Crippen LogP contribution is -2.06. The Labute approximate surface area is 181 Å². The smallest absolute Gasteiger partial charge is 0.363 e. The number of nitrogens with zero attached hydrogens (tertiary/aromatic N) is 2. The molecule has 0 fully saturated rings. The quantitative estimate of drug-likeness (QED) is 0.415. The molecule has 3 rings (SSSR count). The van der Waals surface area contributed by atoms with Gasteiger partial charge >= 0.3 is 7.60 Å². The van der Waals surface area contributed by atoms with Crippen molar-refractivity contribution in [3.63, 3.8) is 0 Å². The molecule has 1 atom stereocenters. The fourth-order valence-electron chi connectivity index (χ4n) is 3.04. The number of hydrogen-bond acceptors (Lipinski definition) is 8. The van der Waals surface area contributed by atoms with Crippen LogP contribution in [0.1, 0.15) is 25.3 Å². The molecule has 8 nitrogen and oxygen atoms in total. The molecule has 1 unspecified atom stereocenters. The zero-order valence-corrected chi connectivity index (χ0v) is 18.6. The zero-order chi connectivity index (χ0) is 22.3. The minimum Gasteiger partial charge on any atom is -0.496 e. The summed E-state index contributed by atoms with van der Waals surface area (Å²) in [4.78, 5) is 8.60. The maximum atomic E-state index is 12.8. The number of aromatic nitrogens is 2. The summed E-state index contributed by atoms with van der Waals surface area (Å²) >= 11 is 0. The van der Waals surface area contributed by atoms with Crippen LogP contribution in [0.15, 0.2) is 60.9 Å². The first-order valence-corrected chi connectivity index (χ1v) is 11.5. The van der Waals surface area contributed by atoms with E-state index in [-0.39, 0.29) is 13.2 Å². The van der Waals surface area contributed by atoms with Gasteiger partial charge in [-0.1, -0.05) is 24.3 Å². The topological polar surface area (TPSA) is 103 Å². The average molecular weight is 443 g/mol. The number of nitrogens with one attached hydrogen (secondary N) is 1. The lowest BCUT2D eigenvalue weighted by molar-refractivity contribution is 0.150. The van der Waals surface area contributed by atoms with E-state index in [4.69, 9.17) is 13.8 Å². The van der Waals surface area contributed by atoms with E-state index >= 15 is 0 Å². The van der Waals surface area contributed by atoms with Crippen molar-refractivity contribution in [3.05, 3.63) is 66.5 Å². The van der Waals surface area contributed by atoms with Gasteiger partial charge in [-0.05, 0) is 43.7 Å². The van der Waals surface area contributed by atoms with Gasteiger partial charge in [0, 0.05) is 17.3 Å². The van der Waals surface area contributed by atoms with Crippen LogP contribution in [0.3, 0.4) is 0 Å². The molecule has 1 aromatic heterocycles. The Bertz CT molecular complexity index is 1040. The summed E-state index contributed by atoms with van der Waals surface area (Å²) in [5.74, 6) is -0.0466. The van der Waals surface area contributed by atoms with Crippen LogP contribution in [0.2, 0.25) is 0 Å². The number of rotatable bonds is 10. The van der Waals surface area contributed by atoms with Crippen molar-refractivity contribution in [1.29, 1.82) is 0 Å². The molecule has 3 aromatic rings. The van der Waals surface area contributed by atoms with Crippen molar-refractivity contribution >= 4 is 19.1 Å². The predicted molar refractivity (Wildman–Crippen MR) is 120 cm³/mol. The maximum absolute atomic E-state index is 12.8. The molecule has 1 heterocycles. The molecule has 2 aromatic carbocycles. The fraction of sp³-hybridized carbons (Fsp3) is 0.273. The molecule has 0 aliphatic rings. The average Bonchev–Trinajstić information content (AvgIpc) is 2.79. The minimum atomic E-state index is -3.66. The monoisotopic (exact) mass is 443 g/mol. The molecule has 2 N–H and O–H groups in total. The summed E-state index contributed by atoms with van der Waals surface area (Å²) in [5, 5.41) is 13.7. The van der Waals surface area contributed by atoms with Gasteiger partial charge < -0.3 is 24.2 Å². The van der Waals surface area contributed by atoms with Crippen molar-refractivity contribution in [2.45, 2.75) is 19.7 Å². The summed E-state index contributed by atoms with van der Waals surface area (Å²) in [5.41, 5.74) is 2.75. The van der Waals surface area contributed by atoms with Crippen LogP contribution in [0, 0.1) is 0 Å². The van der Waals surface area contributed by atoms with Crippen molar-refractivity contribution in [2.24, 2.45) is 0 Å². The zero-order valence-electron chi connectivity index (χ0n) is 17.7. The second-order valence-electron chi connectivity index (χ2n) is 6.48. The Hall–Kier alpha value is -2.77. The first-order valence-electron chi connectivity index (χ1n) is 9.90. The van der Waals surface area contributed by atoms with Gasteiger partial charge in [-0.25, -0.2) is 9.97 Å². The van der Waals surface area contributed by atoms with Gasteiger partial charge in [-0.15, -0.1) is 0 Å². The number of hydrogen-bond donors (Lipinski definition) is 2. The Morgan fingerprint density at radius 1 is 1.03 bits per heavy atom. The number of anilines is 2. The first kappa shape index (κ1) is 22.9. The van der Waals surface area contributed by atoms with Crippen molar-refractivity contribution in [3.8, 4) is 17.0 Å². The van der Waals surface area contributed by atoms with Gasteiger partial charge in [0.1, 0.15) is 17.9 Å². The number of methoxy groups -OCH3 is 1. The fourth-order valence-corrected chi connectivity index (χ4v) is 4.65. The molecule has 0 saturated heterocycles. The molecule has 164 valence electrons. The van der Waals surface area contributed by atoms with Crippen LogP contribution >= 0.6 is 7.60 Å². The lowest BCUT2D eigenvalue weighted by Gasteiger charge is -2.22. The highest BCUT2D eigenvalue weighted by molar-refractivity contribution is 7.54. The standard InChI is InChI=1S/C22H26N3O5P/c1-4-29-31(27,30-5-2)22(26)16-10-12-17(13-11-16)25-21-14-19(23-15-24-21)18-8-6-7-9-20(18)28-3/h6-15,22,26H,4-5H2,1-3H3,(H,23,24,25). The molecule has 0 radical (unpaired) electrons. The summed E-state index contributed by atoms with van der Waals surface area (Å²) < 4.78 is 28.6. The second kappa shape index (κ2) is 10.5. The van der Waals surface area contributed by atoms with Gasteiger partial charge in [0.25, 0.3) is 0 Å². The van der Waals surface area contributed by atoms with Gasteiger partial charge in [0.2, 0.25) is 0 Å². The third-order valence-electron chi connectivity index (χ3n) is 4.45. The van der Waals surface area contributed by atoms with Crippen molar-refractivity contribution < 1.29 is 23.5 Å². The Morgan fingerprint density at radius 3 is 2.35 bits per heavy atom. The normalized spacial score (nSPS) is 12.4. The van der Waals surface area contributed by atoms with Crippen molar-refractivity contribution in [1.82, 2.24) is 9.97 Å². The number of benzene rings is 2. The van der Waals surface area contributed by atoms with Gasteiger partial charge in [-0.2, -0.15) is 0 Å². The summed E-state index contributed by atoms with van der Waals surface area (Å²) in [6.07, 6.45) is 1.47. The van der Waals surface area contributed by atoms with Crippen molar-refractivity contribution in [2.75, 3.05) is 25.6 Å². The van der Waals surface area contributed by atoms with Crippen LogP contribution in [0.25, 0.3) is 11.3 Å². The van der Waals surface area contributed by atoms with E-state index in [1.165, 1.54) is 6.33 Å². The molecule has 0 bridgehead atoms. The van der Waals surface area contributed by atoms with Crippen LogP contribution in [-0.2, 0) is 13.6 Å². The highest BCUT2D eigenvalue weighted by Gasteiger charge is 2.35. The Kier molecular flexibility index (Phi) is 7.76. The number of para-hydroxylation sites is 1. The first-order chi connectivity index (χ1) is 15.0. The molecular weight excluding hydrogens is 417 g/mol. The maximum Gasteiger partial charge on any atom is 0.363 e. The minimum absolute atomic E-state index is 0.177. The van der Waals surface area contributed by atoms with Crippen LogP contribution in [0.5, 0.6) is 5.75 Å². The predicted octanol–water partition coefficient (Wildman–Crippen LogP) is 5.15. The van der Waals surface area contributed by atoms with Gasteiger partial charge in [0.05, 0.1) is 26.0 Å². The van der Waals surface area contributed by atoms with E-state index in [1.54, 1.807) is 45.2 Å². The van der Waals surface area contributed by atoms with E-state index < -0.39 is 13.4 Å².